The summed E-state index contributed by atoms with van der Waals surface area (Å²) in [6.07, 6.45) is 1.75. The van der Waals surface area contributed by atoms with Crippen LogP contribution in [0.25, 0.3) is 0 Å². The summed E-state index contributed by atoms with van der Waals surface area (Å²) in [6.45, 7) is 3.59. The van der Waals surface area contributed by atoms with Gasteiger partial charge < -0.3 is 19.7 Å². The molecule has 0 aromatic heterocycles. The minimum atomic E-state index is -3.86. The highest BCUT2D eigenvalue weighted by Gasteiger charge is 2.30. The van der Waals surface area contributed by atoms with Gasteiger partial charge in [0.15, 0.2) is 11.5 Å². The molecule has 2 amide bonds. The Hall–Kier alpha value is -2.98. The molecule has 0 aliphatic carbocycles. The molecule has 35 heavy (non-hydrogen) atoms. The van der Waals surface area contributed by atoms with Crippen LogP contribution in [-0.2, 0) is 26.2 Å². The molecule has 1 atom stereocenters. The van der Waals surface area contributed by atoms with E-state index in [-0.39, 0.29) is 18.1 Å². The van der Waals surface area contributed by atoms with Crippen molar-refractivity contribution in [1.82, 2.24) is 10.2 Å². The molecule has 9 nitrogen and oxygen atoms in total. The summed E-state index contributed by atoms with van der Waals surface area (Å²) in [6, 6.07) is 10.6. The molecule has 2 rings (SSSR count). The van der Waals surface area contributed by atoms with E-state index in [1.807, 2.05) is 6.92 Å². The minimum Gasteiger partial charge on any atom is -0.493 e. The molecule has 0 spiro atoms. The highest BCUT2D eigenvalue weighted by molar-refractivity contribution is 7.92. The molecule has 0 aliphatic heterocycles. The molecule has 0 radical (unpaired) electrons. The predicted molar refractivity (Wildman–Crippen MR) is 137 cm³/mol. The number of benzene rings is 2. The minimum absolute atomic E-state index is 0.0975. The van der Waals surface area contributed by atoms with Crippen molar-refractivity contribution >= 4 is 39.1 Å². The Labute approximate surface area is 212 Å². The van der Waals surface area contributed by atoms with E-state index in [0.717, 1.165) is 22.5 Å². The molecule has 1 N–H and O–H groups in total. The summed E-state index contributed by atoms with van der Waals surface area (Å²) < 4.78 is 36.8. The fourth-order valence-corrected chi connectivity index (χ4v) is 4.33. The van der Waals surface area contributed by atoms with Crippen molar-refractivity contribution in [2.45, 2.75) is 32.9 Å². The Morgan fingerprint density at radius 3 is 2.23 bits per heavy atom. The van der Waals surface area contributed by atoms with Crippen LogP contribution in [0.5, 0.6) is 11.5 Å². The van der Waals surface area contributed by atoms with Gasteiger partial charge in [0.2, 0.25) is 21.8 Å². The van der Waals surface area contributed by atoms with E-state index in [4.69, 9.17) is 21.1 Å². The quantitative estimate of drug-likeness (QED) is 0.456. The van der Waals surface area contributed by atoms with Crippen LogP contribution in [-0.4, -0.2) is 64.7 Å². The third-order valence-corrected chi connectivity index (χ3v) is 6.71. The molecule has 11 heteroatoms. The van der Waals surface area contributed by atoms with Gasteiger partial charge in [-0.2, -0.15) is 0 Å². The number of rotatable bonds is 12. The number of nitrogens with one attached hydrogen (secondary N) is 1. The number of nitrogens with zero attached hydrogens (tertiary/aromatic N) is 2. The molecule has 0 unspecified atom stereocenters. The van der Waals surface area contributed by atoms with E-state index < -0.39 is 28.5 Å². The van der Waals surface area contributed by atoms with E-state index in [9.17, 15) is 18.0 Å². The number of hydrogen-bond donors (Lipinski definition) is 1. The second kappa shape index (κ2) is 12.6. The van der Waals surface area contributed by atoms with Gasteiger partial charge in [-0.25, -0.2) is 8.42 Å². The number of hydrogen-bond acceptors (Lipinski definition) is 6. The van der Waals surface area contributed by atoms with Crippen molar-refractivity contribution in [3.63, 3.8) is 0 Å². The van der Waals surface area contributed by atoms with Gasteiger partial charge in [0.05, 0.1) is 26.2 Å². The van der Waals surface area contributed by atoms with Crippen LogP contribution in [0.1, 0.15) is 25.8 Å². The first-order chi connectivity index (χ1) is 16.5. The lowest BCUT2D eigenvalue weighted by Crippen LogP contribution is -2.51. The van der Waals surface area contributed by atoms with Crippen molar-refractivity contribution in [2.75, 3.05) is 37.9 Å². The molecular weight excluding hydrogens is 494 g/mol. The van der Waals surface area contributed by atoms with Crippen molar-refractivity contribution in [1.29, 1.82) is 0 Å². The van der Waals surface area contributed by atoms with Crippen LogP contribution in [0.3, 0.4) is 0 Å². The number of anilines is 1. The van der Waals surface area contributed by atoms with Gasteiger partial charge in [-0.1, -0.05) is 30.7 Å². The Kier molecular flexibility index (Phi) is 10.2. The molecule has 0 saturated heterocycles. The predicted octanol–water partition coefficient (Wildman–Crippen LogP) is 3.07. The van der Waals surface area contributed by atoms with Gasteiger partial charge in [-0.15, -0.1) is 0 Å². The Balaban J connectivity index is 2.41. The lowest BCUT2D eigenvalue weighted by atomic mass is 10.1. The molecule has 2 aromatic carbocycles. The number of sulfonamides is 1. The maximum Gasteiger partial charge on any atom is 0.244 e. The van der Waals surface area contributed by atoms with Crippen LogP contribution in [0.15, 0.2) is 42.5 Å². The number of halogens is 1. The van der Waals surface area contributed by atoms with Crippen LogP contribution in [0.2, 0.25) is 5.02 Å². The van der Waals surface area contributed by atoms with E-state index in [2.05, 4.69) is 5.32 Å². The first-order valence-electron chi connectivity index (χ1n) is 11.0. The number of carbonyl (C=O) groups excluding carboxylic acids is 2. The fraction of sp³-hybridized carbons (Fsp3) is 0.417. The highest BCUT2D eigenvalue weighted by Crippen LogP contribution is 2.32. The van der Waals surface area contributed by atoms with Gasteiger partial charge in [-0.3, -0.25) is 13.9 Å². The second-order valence-corrected chi connectivity index (χ2v) is 10.3. The molecule has 0 bridgehead atoms. The van der Waals surface area contributed by atoms with E-state index in [0.29, 0.717) is 23.1 Å². The molecule has 0 saturated carbocycles. The Morgan fingerprint density at radius 2 is 1.69 bits per heavy atom. The smallest absolute Gasteiger partial charge is 0.244 e. The summed E-state index contributed by atoms with van der Waals surface area (Å²) in [7, 11) is -0.958. The van der Waals surface area contributed by atoms with Gasteiger partial charge in [0, 0.05) is 24.2 Å². The van der Waals surface area contributed by atoms with Gasteiger partial charge in [0.1, 0.15) is 12.6 Å². The number of ether oxygens (including phenoxy) is 2. The van der Waals surface area contributed by atoms with E-state index in [1.54, 1.807) is 37.3 Å². The first-order valence-corrected chi connectivity index (χ1v) is 13.3. The average Bonchev–Trinajstić information content (AvgIpc) is 2.83. The number of amides is 2. The Bertz CT molecular complexity index is 1120. The van der Waals surface area contributed by atoms with E-state index >= 15 is 0 Å². The molecular formula is C24H32ClN3O6S. The third kappa shape index (κ3) is 7.76. The zero-order valence-corrected chi connectivity index (χ0v) is 22.1. The number of methoxy groups -OCH3 is 2. The third-order valence-electron chi connectivity index (χ3n) is 5.32. The molecule has 0 aliphatic rings. The lowest BCUT2D eigenvalue weighted by Gasteiger charge is -2.31. The molecule has 0 heterocycles. The van der Waals surface area contributed by atoms with Crippen molar-refractivity contribution in [2.24, 2.45) is 0 Å². The first kappa shape index (κ1) is 28.3. The van der Waals surface area contributed by atoms with Crippen LogP contribution >= 0.6 is 11.6 Å². The number of carbonyl (C=O) groups is 2. The topological polar surface area (TPSA) is 105 Å². The van der Waals surface area contributed by atoms with Crippen LogP contribution in [0, 0.1) is 0 Å². The van der Waals surface area contributed by atoms with Gasteiger partial charge in [0.25, 0.3) is 0 Å². The average molecular weight is 526 g/mol. The zero-order valence-electron chi connectivity index (χ0n) is 20.6. The summed E-state index contributed by atoms with van der Waals surface area (Å²) in [5.41, 5.74) is 0.975. The normalized spacial score (nSPS) is 11.9. The fourth-order valence-electron chi connectivity index (χ4n) is 3.36. The van der Waals surface area contributed by atoms with Crippen molar-refractivity contribution < 1.29 is 27.5 Å². The monoisotopic (exact) mass is 525 g/mol. The van der Waals surface area contributed by atoms with Crippen LogP contribution < -0.4 is 19.1 Å². The Morgan fingerprint density at radius 1 is 1.06 bits per heavy atom. The standard InChI is InChI=1S/C24H32ClN3O6S/c1-6-13-26-24(30)17(2)27(15-18-7-9-19(25)10-8-18)23(29)16-28(35(5,31)32)20-11-12-21(33-3)22(14-20)34-4/h7-12,14,17H,6,13,15-16H2,1-5H3,(H,26,30)/t17-/m1/s1. The van der Waals surface area contributed by atoms with Crippen molar-refractivity contribution in [3.05, 3.63) is 53.1 Å². The van der Waals surface area contributed by atoms with Crippen LogP contribution in [0.4, 0.5) is 5.69 Å². The SMILES string of the molecule is CCCNC(=O)[C@@H](C)N(Cc1ccc(Cl)cc1)C(=O)CN(c1ccc(OC)c(OC)c1)S(C)(=O)=O. The largest absolute Gasteiger partial charge is 0.493 e. The second-order valence-electron chi connectivity index (χ2n) is 7.92. The van der Waals surface area contributed by atoms with Crippen molar-refractivity contribution in [3.8, 4) is 11.5 Å². The summed E-state index contributed by atoms with van der Waals surface area (Å²) in [4.78, 5) is 27.6. The maximum atomic E-state index is 13.5. The molecule has 0 fully saturated rings. The summed E-state index contributed by atoms with van der Waals surface area (Å²) in [5.74, 6) is -0.136. The van der Waals surface area contributed by atoms with Gasteiger partial charge in [-0.05, 0) is 43.2 Å². The molecule has 192 valence electrons. The summed E-state index contributed by atoms with van der Waals surface area (Å²) in [5, 5.41) is 3.33. The van der Waals surface area contributed by atoms with E-state index in [1.165, 1.54) is 31.3 Å². The lowest BCUT2D eigenvalue weighted by molar-refractivity contribution is -0.139. The maximum absolute atomic E-state index is 13.5. The molecule has 2 aromatic rings. The summed E-state index contributed by atoms with van der Waals surface area (Å²) >= 11 is 5.98. The highest BCUT2D eigenvalue weighted by atomic mass is 35.5. The zero-order chi connectivity index (χ0) is 26.2. The van der Waals surface area contributed by atoms with Gasteiger partial charge >= 0.3 is 0 Å².